The first-order valence-corrected chi connectivity index (χ1v) is 12.0. The molecule has 3 aliphatic carbocycles. The number of alkyl halides is 3. The van der Waals surface area contributed by atoms with Gasteiger partial charge in [-0.2, -0.15) is 13.2 Å². The summed E-state index contributed by atoms with van der Waals surface area (Å²) in [5.74, 6) is -0.420. The zero-order valence-electron chi connectivity index (χ0n) is 16.6. The van der Waals surface area contributed by atoms with Crippen molar-refractivity contribution in [2.75, 3.05) is 17.6 Å². The summed E-state index contributed by atoms with van der Waals surface area (Å²) in [6.07, 6.45) is 1.28. The molecule has 4 rings (SSSR count). The predicted molar refractivity (Wildman–Crippen MR) is 107 cm³/mol. The molecule has 1 saturated carbocycles. The average Bonchev–Trinajstić information content (AvgIpc) is 3.03. The van der Waals surface area contributed by atoms with Crippen LogP contribution in [-0.4, -0.2) is 38.5 Å². The number of amides is 2. The number of carbonyl (C=O) groups is 1. The van der Waals surface area contributed by atoms with Gasteiger partial charge in [-0.05, 0) is 73.6 Å². The van der Waals surface area contributed by atoms with E-state index in [1.807, 2.05) is 4.72 Å². The third-order valence-electron chi connectivity index (χ3n) is 6.19. The van der Waals surface area contributed by atoms with Crippen LogP contribution in [-0.2, 0) is 35.7 Å². The molecule has 6 nitrogen and oxygen atoms in total. The van der Waals surface area contributed by atoms with Crippen LogP contribution in [0.5, 0.6) is 0 Å². The highest BCUT2D eigenvalue weighted by atomic mass is 32.2. The monoisotopic (exact) mass is 445 g/mol. The molecule has 3 aliphatic rings. The van der Waals surface area contributed by atoms with Crippen LogP contribution < -0.4 is 15.4 Å². The Bertz CT molecular complexity index is 924. The first kappa shape index (κ1) is 21.4. The lowest BCUT2D eigenvalue weighted by atomic mass is 9.99. The first-order chi connectivity index (χ1) is 14.1. The SMILES string of the molecule is O=C(Nc1c2c(cc3c1CCC3)CCC2)NS(=O)(=O)CC1(NCCC(F)(F)F)CC1. The maximum absolute atomic E-state index is 12.5. The van der Waals surface area contributed by atoms with Gasteiger partial charge in [-0.25, -0.2) is 17.9 Å². The average molecular weight is 446 g/mol. The standard InChI is InChI=1S/C20H26F3N3O3S/c21-20(22,23)9-10-24-19(7-8-19)12-30(28,29)26-18(27)25-17-15-5-1-3-13(15)11-14-4-2-6-16(14)17/h11,24H,1-10,12H2,(H2,25,26,27). The second kappa shape index (κ2) is 7.71. The van der Waals surface area contributed by atoms with Crippen LogP contribution >= 0.6 is 0 Å². The highest BCUT2D eigenvalue weighted by molar-refractivity contribution is 7.90. The van der Waals surface area contributed by atoms with Gasteiger partial charge in [-0.3, -0.25) is 0 Å². The van der Waals surface area contributed by atoms with E-state index in [2.05, 4.69) is 16.7 Å². The highest BCUT2D eigenvalue weighted by Gasteiger charge is 2.46. The molecule has 0 aromatic heterocycles. The molecule has 0 unspecified atom stereocenters. The Morgan fingerprint density at radius 2 is 1.63 bits per heavy atom. The number of rotatable bonds is 7. The highest BCUT2D eigenvalue weighted by Crippen LogP contribution is 2.39. The van der Waals surface area contributed by atoms with Crippen molar-refractivity contribution in [2.45, 2.75) is 69.5 Å². The van der Waals surface area contributed by atoms with E-state index in [1.165, 1.54) is 11.1 Å². The molecule has 0 saturated heterocycles. The number of anilines is 1. The number of hydrogen-bond donors (Lipinski definition) is 3. The largest absolute Gasteiger partial charge is 0.390 e. The number of carbonyl (C=O) groups excluding carboxylic acids is 1. The maximum Gasteiger partial charge on any atom is 0.390 e. The van der Waals surface area contributed by atoms with Crippen LogP contribution in [0, 0.1) is 0 Å². The van der Waals surface area contributed by atoms with E-state index in [4.69, 9.17) is 0 Å². The maximum atomic E-state index is 12.5. The van der Waals surface area contributed by atoms with Crippen LogP contribution in [0.15, 0.2) is 6.07 Å². The summed E-state index contributed by atoms with van der Waals surface area (Å²) in [5, 5.41) is 5.47. The van der Waals surface area contributed by atoms with Gasteiger partial charge in [0.2, 0.25) is 10.0 Å². The molecule has 1 fully saturated rings. The fourth-order valence-corrected chi connectivity index (χ4v) is 6.16. The molecular weight excluding hydrogens is 419 g/mol. The number of halogens is 3. The van der Waals surface area contributed by atoms with Crippen molar-refractivity contribution < 1.29 is 26.4 Å². The zero-order chi connectivity index (χ0) is 21.6. The van der Waals surface area contributed by atoms with Crippen LogP contribution in [0.4, 0.5) is 23.7 Å². The van der Waals surface area contributed by atoms with Gasteiger partial charge in [-0.1, -0.05) is 6.07 Å². The summed E-state index contributed by atoms with van der Waals surface area (Å²) in [6, 6.07) is 1.41. The van der Waals surface area contributed by atoms with Gasteiger partial charge < -0.3 is 10.6 Å². The van der Waals surface area contributed by atoms with E-state index in [1.54, 1.807) is 0 Å². The Kier molecular flexibility index (Phi) is 5.50. The Morgan fingerprint density at radius 1 is 1.03 bits per heavy atom. The summed E-state index contributed by atoms with van der Waals surface area (Å²) in [4.78, 5) is 12.5. The lowest BCUT2D eigenvalue weighted by molar-refractivity contribution is -0.133. The number of sulfonamides is 1. The summed E-state index contributed by atoms with van der Waals surface area (Å²) in [6.45, 7) is -0.340. The molecule has 0 radical (unpaired) electrons. The Morgan fingerprint density at radius 3 is 2.17 bits per heavy atom. The quantitative estimate of drug-likeness (QED) is 0.602. The summed E-state index contributed by atoms with van der Waals surface area (Å²) >= 11 is 0. The van der Waals surface area contributed by atoms with Crippen molar-refractivity contribution in [3.8, 4) is 0 Å². The first-order valence-electron chi connectivity index (χ1n) is 10.4. The molecule has 3 N–H and O–H groups in total. The van der Waals surface area contributed by atoms with Crippen molar-refractivity contribution in [2.24, 2.45) is 0 Å². The van der Waals surface area contributed by atoms with E-state index < -0.39 is 39.9 Å². The second-order valence-corrected chi connectivity index (χ2v) is 10.3. The minimum atomic E-state index is -4.30. The zero-order valence-corrected chi connectivity index (χ0v) is 17.4. The van der Waals surface area contributed by atoms with Gasteiger partial charge >= 0.3 is 12.2 Å². The van der Waals surface area contributed by atoms with Crippen molar-refractivity contribution in [1.82, 2.24) is 10.0 Å². The smallest absolute Gasteiger partial charge is 0.310 e. The molecule has 10 heteroatoms. The molecule has 2 amide bonds. The summed E-state index contributed by atoms with van der Waals surface area (Å²) in [7, 11) is -4.00. The molecule has 30 heavy (non-hydrogen) atoms. The van der Waals surface area contributed by atoms with Gasteiger partial charge in [0, 0.05) is 17.8 Å². The lowest BCUT2D eigenvalue weighted by Crippen LogP contribution is -2.45. The van der Waals surface area contributed by atoms with E-state index in [9.17, 15) is 26.4 Å². The van der Waals surface area contributed by atoms with Crippen LogP contribution in [0.3, 0.4) is 0 Å². The fraction of sp³-hybridized carbons (Fsp3) is 0.650. The molecular formula is C20H26F3N3O3S. The molecule has 0 heterocycles. The topological polar surface area (TPSA) is 87.3 Å². The van der Waals surface area contributed by atoms with Crippen molar-refractivity contribution in [3.63, 3.8) is 0 Å². The molecule has 0 atom stereocenters. The van der Waals surface area contributed by atoms with E-state index >= 15 is 0 Å². The Hall–Kier alpha value is -1.81. The molecule has 1 aromatic rings. The number of hydrogen-bond acceptors (Lipinski definition) is 4. The van der Waals surface area contributed by atoms with Crippen molar-refractivity contribution >= 4 is 21.7 Å². The van der Waals surface area contributed by atoms with Gasteiger partial charge in [0.05, 0.1) is 12.2 Å². The van der Waals surface area contributed by atoms with Gasteiger partial charge in [0.1, 0.15) is 0 Å². The van der Waals surface area contributed by atoms with Crippen molar-refractivity contribution in [1.29, 1.82) is 0 Å². The molecule has 0 aliphatic heterocycles. The van der Waals surface area contributed by atoms with Gasteiger partial charge in [-0.15, -0.1) is 0 Å². The predicted octanol–water partition coefficient (Wildman–Crippen LogP) is 3.19. The molecule has 0 bridgehead atoms. The molecule has 0 spiro atoms. The van der Waals surface area contributed by atoms with E-state index in [0.29, 0.717) is 12.8 Å². The summed E-state index contributed by atoms with van der Waals surface area (Å²) < 4.78 is 64.0. The van der Waals surface area contributed by atoms with E-state index in [-0.39, 0.29) is 6.54 Å². The number of urea groups is 1. The Labute approximate surface area is 174 Å². The van der Waals surface area contributed by atoms with Crippen LogP contribution in [0.2, 0.25) is 0 Å². The number of aryl methyl sites for hydroxylation is 2. The molecule has 1 aromatic carbocycles. The normalized spacial score (nSPS) is 19.3. The number of nitrogens with one attached hydrogen (secondary N) is 3. The van der Waals surface area contributed by atoms with Gasteiger partial charge in [0.25, 0.3) is 0 Å². The number of benzene rings is 1. The van der Waals surface area contributed by atoms with Crippen LogP contribution in [0.25, 0.3) is 0 Å². The lowest BCUT2D eigenvalue weighted by Gasteiger charge is -2.19. The summed E-state index contributed by atoms with van der Waals surface area (Å²) in [5.41, 5.74) is 4.49. The van der Waals surface area contributed by atoms with Crippen LogP contribution in [0.1, 0.15) is 54.4 Å². The minimum absolute atomic E-state index is 0.340. The number of fused-ring (bicyclic) bond motifs is 2. The third kappa shape index (κ3) is 4.91. The van der Waals surface area contributed by atoms with E-state index in [0.717, 1.165) is 55.3 Å². The Balaban J connectivity index is 1.39. The second-order valence-electron chi connectivity index (χ2n) is 8.62. The minimum Gasteiger partial charge on any atom is -0.310 e. The molecule has 166 valence electrons. The van der Waals surface area contributed by atoms with Gasteiger partial charge in [0.15, 0.2) is 0 Å². The van der Waals surface area contributed by atoms with Crippen molar-refractivity contribution in [3.05, 3.63) is 28.3 Å². The third-order valence-corrected chi connectivity index (χ3v) is 7.62. The fourth-order valence-electron chi connectivity index (χ4n) is 4.64.